The van der Waals surface area contributed by atoms with E-state index in [1.807, 2.05) is 0 Å². The molecular formula is C13H18F3NO. The highest BCUT2D eigenvalue weighted by atomic mass is 19.4. The fraction of sp³-hybridized carbons (Fsp3) is 0.538. The van der Waals surface area contributed by atoms with Gasteiger partial charge in [-0.25, -0.2) is 0 Å². The van der Waals surface area contributed by atoms with E-state index in [9.17, 15) is 18.3 Å². The number of benzene rings is 1. The Labute approximate surface area is 105 Å². The summed E-state index contributed by atoms with van der Waals surface area (Å²) in [6.45, 7) is 5.19. The fourth-order valence-corrected chi connectivity index (χ4v) is 1.75. The number of aliphatic hydroxyl groups excluding tert-OH is 1. The molecule has 18 heavy (non-hydrogen) atoms. The summed E-state index contributed by atoms with van der Waals surface area (Å²) in [5.41, 5.74) is 4.32. The molecule has 5 heteroatoms. The van der Waals surface area contributed by atoms with Gasteiger partial charge in [0.1, 0.15) is 0 Å². The molecule has 0 heterocycles. The van der Waals surface area contributed by atoms with Gasteiger partial charge in [0.2, 0.25) is 0 Å². The van der Waals surface area contributed by atoms with Crippen LogP contribution in [-0.4, -0.2) is 11.2 Å². The van der Waals surface area contributed by atoms with Gasteiger partial charge in [0.25, 0.3) is 0 Å². The normalized spacial score (nSPS) is 16.4. The maximum absolute atomic E-state index is 12.8. The Bertz CT molecular complexity index is 409. The Morgan fingerprint density at radius 1 is 1.11 bits per heavy atom. The van der Waals surface area contributed by atoms with E-state index in [2.05, 4.69) is 0 Å². The van der Waals surface area contributed by atoms with Gasteiger partial charge < -0.3 is 10.8 Å². The summed E-state index contributed by atoms with van der Waals surface area (Å²) in [7, 11) is 0. The lowest BCUT2D eigenvalue weighted by atomic mass is 9.81. The molecule has 0 aromatic heterocycles. The van der Waals surface area contributed by atoms with Crippen LogP contribution in [0.5, 0.6) is 0 Å². The standard InChI is InChI=1S/C13H18F3NO/c1-12(2,3)11(18)10(17)8-6-4-5-7-9(8)13(14,15)16/h4-7,10-11,18H,17H2,1-3H3/t10-,11-/m1/s1. The lowest BCUT2D eigenvalue weighted by Gasteiger charge is -2.32. The molecule has 0 unspecified atom stereocenters. The molecule has 0 aliphatic rings. The summed E-state index contributed by atoms with van der Waals surface area (Å²) >= 11 is 0. The van der Waals surface area contributed by atoms with Gasteiger partial charge in [-0.2, -0.15) is 13.2 Å². The second-order valence-corrected chi connectivity index (χ2v) is 5.42. The molecule has 0 amide bonds. The van der Waals surface area contributed by atoms with E-state index in [4.69, 9.17) is 5.73 Å². The Kier molecular flexibility index (Phi) is 4.08. The third-order valence-corrected chi connectivity index (χ3v) is 2.85. The number of halogens is 3. The highest BCUT2D eigenvalue weighted by molar-refractivity contribution is 5.33. The van der Waals surface area contributed by atoms with Gasteiger partial charge in [0.05, 0.1) is 17.7 Å². The predicted octanol–water partition coefficient (Wildman–Crippen LogP) is 3.11. The number of hydrogen-bond acceptors (Lipinski definition) is 2. The van der Waals surface area contributed by atoms with Crippen LogP contribution in [0, 0.1) is 5.41 Å². The molecule has 0 spiro atoms. The summed E-state index contributed by atoms with van der Waals surface area (Å²) in [6, 6.07) is 4.01. The van der Waals surface area contributed by atoms with Crippen LogP contribution in [0.2, 0.25) is 0 Å². The largest absolute Gasteiger partial charge is 0.416 e. The first-order valence-electron chi connectivity index (χ1n) is 5.65. The second-order valence-electron chi connectivity index (χ2n) is 5.42. The molecule has 0 saturated carbocycles. The topological polar surface area (TPSA) is 46.2 Å². The van der Waals surface area contributed by atoms with Gasteiger partial charge >= 0.3 is 6.18 Å². The summed E-state index contributed by atoms with van der Waals surface area (Å²) in [6.07, 6.45) is -5.52. The summed E-state index contributed by atoms with van der Waals surface area (Å²) < 4.78 is 38.5. The van der Waals surface area contributed by atoms with Crippen LogP contribution in [0.4, 0.5) is 13.2 Å². The second kappa shape index (κ2) is 4.90. The van der Waals surface area contributed by atoms with Crippen molar-refractivity contribution >= 4 is 0 Å². The van der Waals surface area contributed by atoms with Crippen molar-refractivity contribution in [1.82, 2.24) is 0 Å². The quantitative estimate of drug-likeness (QED) is 0.859. The molecule has 1 aromatic rings. The maximum Gasteiger partial charge on any atom is 0.416 e. The molecule has 2 atom stereocenters. The van der Waals surface area contributed by atoms with E-state index in [0.29, 0.717) is 0 Å². The lowest BCUT2D eigenvalue weighted by Crippen LogP contribution is -2.38. The zero-order chi connectivity index (χ0) is 14.1. The molecule has 1 aromatic carbocycles. The Balaban J connectivity index is 3.18. The molecule has 0 saturated heterocycles. The fourth-order valence-electron chi connectivity index (χ4n) is 1.75. The van der Waals surface area contributed by atoms with Crippen molar-refractivity contribution < 1.29 is 18.3 Å². The van der Waals surface area contributed by atoms with Gasteiger partial charge in [-0.15, -0.1) is 0 Å². The first kappa shape index (κ1) is 15.0. The van der Waals surface area contributed by atoms with Crippen LogP contribution in [0.1, 0.15) is 37.9 Å². The molecule has 102 valence electrons. The molecule has 0 aliphatic heterocycles. The zero-order valence-electron chi connectivity index (χ0n) is 10.6. The van der Waals surface area contributed by atoms with E-state index < -0.39 is 29.3 Å². The van der Waals surface area contributed by atoms with Crippen LogP contribution < -0.4 is 5.73 Å². The summed E-state index contributed by atoms with van der Waals surface area (Å²) in [5.74, 6) is 0. The molecular weight excluding hydrogens is 243 g/mol. The minimum Gasteiger partial charge on any atom is -0.391 e. The van der Waals surface area contributed by atoms with E-state index in [-0.39, 0.29) is 5.56 Å². The van der Waals surface area contributed by atoms with Crippen LogP contribution in [0.15, 0.2) is 24.3 Å². The van der Waals surface area contributed by atoms with Gasteiger partial charge in [0, 0.05) is 0 Å². The lowest BCUT2D eigenvalue weighted by molar-refractivity contribution is -0.138. The Hall–Kier alpha value is -1.07. The van der Waals surface area contributed by atoms with Gasteiger partial charge in [0.15, 0.2) is 0 Å². The monoisotopic (exact) mass is 261 g/mol. The minimum absolute atomic E-state index is 0.0765. The predicted molar refractivity (Wildman–Crippen MR) is 63.8 cm³/mol. The first-order valence-corrected chi connectivity index (χ1v) is 5.65. The van der Waals surface area contributed by atoms with E-state index in [1.165, 1.54) is 18.2 Å². The molecule has 3 N–H and O–H groups in total. The van der Waals surface area contributed by atoms with Crippen LogP contribution in [0.25, 0.3) is 0 Å². The van der Waals surface area contributed by atoms with Crippen molar-refractivity contribution in [1.29, 1.82) is 0 Å². The van der Waals surface area contributed by atoms with Crippen molar-refractivity contribution in [2.24, 2.45) is 11.1 Å². The summed E-state index contributed by atoms with van der Waals surface area (Å²) in [5, 5.41) is 10.0. The molecule has 0 aliphatic carbocycles. The van der Waals surface area contributed by atoms with Crippen molar-refractivity contribution in [3.8, 4) is 0 Å². The Morgan fingerprint density at radius 2 is 1.61 bits per heavy atom. The van der Waals surface area contributed by atoms with Crippen LogP contribution in [0.3, 0.4) is 0 Å². The smallest absolute Gasteiger partial charge is 0.391 e. The van der Waals surface area contributed by atoms with Crippen molar-refractivity contribution in [2.75, 3.05) is 0 Å². The third-order valence-electron chi connectivity index (χ3n) is 2.85. The summed E-state index contributed by atoms with van der Waals surface area (Å²) in [4.78, 5) is 0. The maximum atomic E-state index is 12.8. The zero-order valence-corrected chi connectivity index (χ0v) is 10.6. The van der Waals surface area contributed by atoms with Crippen molar-refractivity contribution in [3.63, 3.8) is 0 Å². The van der Waals surface area contributed by atoms with E-state index >= 15 is 0 Å². The van der Waals surface area contributed by atoms with E-state index in [1.54, 1.807) is 20.8 Å². The number of alkyl halides is 3. The average Bonchev–Trinajstić information content (AvgIpc) is 2.24. The molecule has 0 fully saturated rings. The van der Waals surface area contributed by atoms with Gasteiger partial charge in [-0.05, 0) is 17.0 Å². The van der Waals surface area contributed by atoms with Crippen LogP contribution in [-0.2, 0) is 6.18 Å². The highest BCUT2D eigenvalue weighted by Gasteiger charge is 2.37. The molecule has 2 nitrogen and oxygen atoms in total. The number of hydrogen-bond donors (Lipinski definition) is 2. The van der Waals surface area contributed by atoms with Gasteiger partial charge in [-0.1, -0.05) is 39.0 Å². The molecule has 0 bridgehead atoms. The van der Waals surface area contributed by atoms with Gasteiger partial charge in [-0.3, -0.25) is 0 Å². The third kappa shape index (κ3) is 3.23. The average molecular weight is 261 g/mol. The van der Waals surface area contributed by atoms with Crippen molar-refractivity contribution in [3.05, 3.63) is 35.4 Å². The SMILES string of the molecule is CC(C)(C)[C@H](O)[C@H](N)c1ccccc1C(F)(F)F. The van der Waals surface area contributed by atoms with E-state index in [0.717, 1.165) is 6.07 Å². The molecule has 1 rings (SSSR count). The Morgan fingerprint density at radius 3 is 2.06 bits per heavy atom. The highest BCUT2D eigenvalue weighted by Crippen LogP contribution is 2.37. The van der Waals surface area contributed by atoms with Crippen LogP contribution >= 0.6 is 0 Å². The minimum atomic E-state index is -4.47. The number of rotatable bonds is 2. The van der Waals surface area contributed by atoms with Crippen molar-refractivity contribution in [2.45, 2.75) is 39.1 Å². The molecule has 0 radical (unpaired) electrons. The number of aliphatic hydroxyl groups is 1. The number of nitrogens with two attached hydrogens (primary N) is 1. The first-order chi connectivity index (χ1) is 8.05.